The van der Waals surface area contributed by atoms with Crippen molar-refractivity contribution in [2.75, 3.05) is 6.54 Å². The van der Waals surface area contributed by atoms with Crippen LogP contribution in [0.1, 0.15) is 18.1 Å². The summed E-state index contributed by atoms with van der Waals surface area (Å²) in [6.45, 7) is 4.77. The highest BCUT2D eigenvalue weighted by Gasteiger charge is 2.20. The van der Waals surface area contributed by atoms with Crippen LogP contribution in [-0.4, -0.2) is 19.9 Å². The highest BCUT2D eigenvalue weighted by atomic mass is 35.7. The molecular weight excluding hydrogens is 234 g/mol. The lowest BCUT2D eigenvalue weighted by atomic mass is 10.1. The first-order chi connectivity index (χ1) is 7.00. The molecule has 1 aliphatic rings. The lowest BCUT2D eigenvalue weighted by Gasteiger charge is -2.09. The van der Waals surface area contributed by atoms with E-state index in [-0.39, 0.29) is 4.90 Å². The Morgan fingerprint density at radius 2 is 2.00 bits per heavy atom. The zero-order chi connectivity index (χ0) is 11.1. The Hall–Kier alpha value is -0.580. The SMILES string of the molecule is CCN1Cc2ccc(S(=O)(=O)Cl)cc2C1. The van der Waals surface area contributed by atoms with Gasteiger partial charge in [0.15, 0.2) is 0 Å². The molecular formula is C10H12ClNO2S. The maximum absolute atomic E-state index is 11.1. The molecule has 0 spiro atoms. The fourth-order valence-electron chi connectivity index (χ4n) is 1.82. The minimum Gasteiger partial charge on any atom is -0.295 e. The quantitative estimate of drug-likeness (QED) is 0.748. The molecule has 0 N–H and O–H groups in total. The first-order valence-corrected chi connectivity index (χ1v) is 7.10. The van der Waals surface area contributed by atoms with Gasteiger partial charge in [-0.1, -0.05) is 13.0 Å². The molecule has 0 fully saturated rings. The first kappa shape index (κ1) is 10.9. The van der Waals surface area contributed by atoms with Crippen molar-refractivity contribution in [3.05, 3.63) is 29.3 Å². The Balaban J connectivity index is 2.39. The van der Waals surface area contributed by atoms with Gasteiger partial charge in [-0.15, -0.1) is 0 Å². The van der Waals surface area contributed by atoms with E-state index < -0.39 is 9.05 Å². The Bertz CT molecular complexity index is 484. The minimum absolute atomic E-state index is 0.195. The molecule has 0 atom stereocenters. The predicted octanol–water partition coefficient (Wildman–Crippen LogP) is 1.95. The molecule has 82 valence electrons. The number of benzene rings is 1. The Kier molecular flexibility index (Phi) is 2.75. The summed E-state index contributed by atoms with van der Waals surface area (Å²) in [6, 6.07) is 5.09. The average molecular weight is 246 g/mol. The number of rotatable bonds is 2. The second-order valence-electron chi connectivity index (χ2n) is 3.67. The summed E-state index contributed by atoms with van der Waals surface area (Å²) in [5.41, 5.74) is 2.26. The van der Waals surface area contributed by atoms with E-state index in [2.05, 4.69) is 11.8 Å². The average Bonchev–Trinajstić information content (AvgIpc) is 2.57. The normalized spacial score (nSPS) is 16.7. The predicted molar refractivity (Wildman–Crippen MR) is 59.3 cm³/mol. The molecule has 0 radical (unpaired) electrons. The molecule has 2 rings (SSSR count). The molecule has 1 aromatic rings. The molecule has 3 nitrogen and oxygen atoms in total. The lowest BCUT2D eigenvalue weighted by molar-refractivity contribution is 0.301. The van der Waals surface area contributed by atoms with Gasteiger partial charge >= 0.3 is 0 Å². The molecule has 0 saturated carbocycles. The third-order valence-corrected chi connectivity index (χ3v) is 4.05. The van der Waals surface area contributed by atoms with Crippen LogP contribution in [0.3, 0.4) is 0 Å². The van der Waals surface area contributed by atoms with Crippen LogP contribution in [0.2, 0.25) is 0 Å². The number of hydrogen-bond donors (Lipinski definition) is 0. The van der Waals surface area contributed by atoms with Crippen molar-refractivity contribution < 1.29 is 8.42 Å². The van der Waals surface area contributed by atoms with Gasteiger partial charge in [-0.3, -0.25) is 4.90 Å². The van der Waals surface area contributed by atoms with Crippen LogP contribution in [0.4, 0.5) is 0 Å². The third-order valence-electron chi connectivity index (χ3n) is 2.69. The second-order valence-corrected chi connectivity index (χ2v) is 6.24. The molecule has 1 aromatic carbocycles. The lowest BCUT2D eigenvalue weighted by Crippen LogP contribution is -2.14. The van der Waals surface area contributed by atoms with Crippen LogP contribution in [0.5, 0.6) is 0 Å². The molecule has 15 heavy (non-hydrogen) atoms. The molecule has 0 saturated heterocycles. The maximum Gasteiger partial charge on any atom is 0.261 e. The molecule has 0 aromatic heterocycles. The Morgan fingerprint density at radius 3 is 2.60 bits per heavy atom. The van der Waals surface area contributed by atoms with Gasteiger partial charge in [-0.2, -0.15) is 0 Å². The third kappa shape index (κ3) is 2.17. The molecule has 1 heterocycles. The van der Waals surface area contributed by atoms with Crippen LogP contribution < -0.4 is 0 Å². The van der Waals surface area contributed by atoms with Gasteiger partial charge in [0, 0.05) is 23.8 Å². The van der Waals surface area contributed by atoms with Crippen molar-refractivity contribution in [2.45, 2.75) is 24.9 Å². The summed E-state index contributed by atoms with van der Waals surface area (Å²) in [7, 11) is 1.69. The van der Waals surface area contributed by atoms with Crippen molar-refractivity contribution in [3.63, 3.8) is 0 Å². The number of nitrogens with zero attached hydrogens (tertiary/aromatic N) is 1. The standard InChI is InChI=1S/C10H12ClNO2S/c1-2-12-6-8-3-4-10(15(11,13)14)5-9(8)7-12/h3-5H,2,6-7H2,1H3. The van der Waals surface area contributed by atoms with E-state index in [1.165, 1.54) is 5.56 Å². The van der Waals surface area contributed by atoms with Crippen molar-refractivity contribution >= 4 is 19.7 Å². The van der Waals surface area contributed by atoms with Crippen LogP contribution in [0, 0.1) is 0 Å². The van der Waals surface area contributed by atoms with Gasteiger partial charge in [0.25, 0.3) is 9.05 Å². The van der Waals surface area contributed by atoms with Crippen molar-refractivity contribution in [3.8, 4) is 0 Å². The summed E-state index contributed by atoms with van der Waals surface area (Å²) < 4.78 is 22.3. The van der Waals surface area contributed by atoms with Crippen LogP contribution >= 0.6 is 10.7 Å². The zero-order valence-electron chi connectivity index (χ0n) is 8.40. The highest BCUT2D eigenvalue weighted by Crippen LogP contribution is 2.26. The van der Waals surface area contributed by atoms with Gasteiger partial charge in [-0.25, -0.2) is 8.42 Å². The zero-order valence-corrected chi connectivity index (χ0v) is 9.98. The molecule has 0 bridgehead atoms. The van der Waals surface area contributed by atoms with E-state index in [9.17, 15) is 8.42 Å². The fraction of sp³-hybridized carbons (Fsp3) is 0.400. The Morgan fingerprint density at radius 1 is 1.33 bits per heavy atom. The number of hydrogen-bond acceptors (Lipinski definition) is 3. The largest absolute Gasteiger partial charge is 0.295 e. The van der Waals surface area contributed by atoms with Crippen LogP contribution in [0.25, 0.3) is 0 Å². The van der Waals surface area contributed by atoms with Gasteiger partial charge in [0.1, 0.15) is 0 Å². The molecule has 0 amide bonds. The van der Waals surface area contributed by atoms with Crippen LogP contribution in [-0.2, 0) is 22.1 Å². The summed E-state index contributed by atoms with van der Waals surface area (Å²) in [5.74, 6) is 0. The van der Waals surface area contributed by atoms with E-state index in [4.69, 9.17) is 10.7 Å². The monoisotopic (exact) mass is 245 g/mol. The number of halogens is 1. The topological polar surface area (TPSA) is 37.4 Å². The number of fused-ring (bicyclic) bond motifs is 1. The van der Waals surface area contributed by atoms with E-state index in [1.807, 2.05) is 6.07 Å². The summed E-state index contributed by atoms with van der Waals surface area (Å²) in [5, 5.41) is 0. The van der Waals surface area contributed by atoms with E-state index in [0.717, 1.165) is 25.2 Å². The van der Waals surface area contributed by atoms with Gasteiger partial charge in [0.2, 0.25) is 0 Å². The molecule has 1 aliphatic heterocycles. The van der Waals surface area contributed by atoms with E-state index in [0.29, 0.717) is 0 Å². The first-order valence-electron chi connectivity index (χ1n) is 4.79. The summed E-state index contributed by atoms with van der Waals surface area (Å²) in [6.07, 6.45) is 0. The Labute approximate surface area is 94.1 Å². The van der Waals surface area contributed by atoms with Crippen molar-refractivity contribution in [2.24, 2.45) is 0 Å². The van der Waals surface area contributed by atoms with Crippen LogP contribution in [0.15, 0.2) is 23.1 Å². The highest BCUT2D eigenvalue weighted by molar-refractivity contribution is 8.13. The molecule has 5 heteroatoms. The van der Waals surface area contributed by atoms with Gasteiger partial charge < -0.3 is 0 Å². The van der Waals surface area contributed by atoms with Gasteiger partial charge in [0.05, 0.1) is 4.90 Å². The summed E-state index contributed by atoms with van der Waals surface area (Å²) >= 11 is 0. The molecule has 0 aliphatic carbocycles. The van der Waals surface area contributed by atoms with Crippen molar-refractivity contribution in [1.82, 2.24) is 4.90 Å². The second kappa shape index (κ2) is 3.77. The summed E-state index contributed by atoms with van der Waals surface area (Å²) in [4.78, 5) is 2.44. The van der Waals surface area contributed by atoms with E-state index >= 15 is 0 Å². The van der Waals surface area contributed by atoms with Gasteiger partial charge in [-0.05, 0) is 29.8 Å². The van der Waals surface area contributed by atoms with E-state index in [1.54, 1.807) is 12.1 Å². The fourth-order valence-corrected chi connectivity index (χ4v) is 2.62. The smallest absolute Gasteiger partial charge is 0.261 e. The van der Waals surface area contributed by atoms with Crippen molar-refractivity contribution in [1.29, 1.82) is 0 Å². The molecule has 0 unspecified atom stereocenters. The maximum atomic E-state index is 11.1. The minimum atomic E-state index is -3.59.